The quantitative estimate of drug-likeness (QED) is 0.883. The van der Waals surface area contributed by atoms with Gasteiger partial charge in [-0.25, -0.2) is 9.97 Å². The number of aryl methyl sites for hydroxylation is 1. The Morgan fingerprint density at radius 1 is 1.19 bits per heavy atom. The number of benzene rings is 1. The van der Waals surface area contributed by atoms with Gasteiger partial charge in [-0.3, -0.25) is 4.79 Å². The molecule has 1 aromatic carbocycles. The molecular formula is C18H19F3N4O2. The second kappa shape index (κ2) is 7.91. The van der Waals surface area contributed by atoms with Gasteiger partial charge in [0.15, 0.2) is 0 Å². The topological polar surface area (TPSA) is 67.4 Å². The fourth-order valence-corrected chi connectivity index (χ4v) is 2.70. The number of nitrogens with zero attached hydrogens (tertiary/aromatic N) is 3. The van der Waals surface area contributed by atoms with Crippen molar-refractivity contribution in [2.24, 2.45) is 0 Å². The predicted molar refractivity (Wildman–Crippen MR) is 92.4 cm³/mol. The Hall–Kier alpha value is -2.68. The van der Waals surface area contributed by atoms with Crippen molar-refractivity contribution in [1.82, 2.24) is 15.3 Å². The molecule has 2 aromatic rings. The number of rotatable bonds is 4. The number of amides is 1. The number of hydrogen-bond donors (Lipinski definition) is 1. The number of anilines is 1. The summed E-state index contributed by atoms with van der Waals surface area (Å²) >= 11 is 0. The molecule has 0 aliphatic carbocycles. The Morgan fingerprint density at radius 2 is 1.85 bits per heavy atom. The number of morpholine rings is 1. The van der Waals surface area contributed by atoms with Crippen molar-refractivity contribution in [2.45, 2.75) is 19.6 Å². The highest BCUT2D eigenvalue weighted by Gasteiger charge is 2.30. The first kappa shape index (κ1) is 19.1. The van der Waals surface area contributed by atoms with Gasteiger partial charge >= 0.3 is 6.18 Å². The fourth-order valence-electron chi connectivity index (χ4n) is 2.70. The van der Waals surface area contributed by atoms with Crippen molar-refractivity contribution in [3.8, 4) is 0 Å². The zero-order valence-electron chi connectivity index (χ0n) is 14.7. The lowest BCUT2D eigenvalue weighted by atomic mass is 10.1. The summed E-state index contributed by atoms with van der Waals surface area (Å²) in [5.41, 5.74) is 0.761. The van der Waals surface area contributed by atoms with Crippen molar-refractivity contribution in [3.63, 3.8) is 0 Å². The minimum Gasteiger partial charge on any atom is -0.378 e. The van der Waals surface area contributed by atoms with Gasteiger partial charge in [0.05, 0.1) is 31.0 Å². The maximum Gasteiger partial charge on any atom is 0.416 e. The highest BCUT2D eigenvalue weighted by atomic mass is 19.4. The number of hydrogen-bond acceptors (Lipinski definition) is 5. The Labute approximate surface area is 154 Å². The third-order valence-corrected chi connectivity index (χ3v) is 4.09. The van der Waals surface area contributed by atoms with Crippen LogP contribution in [0.1, 0.15) is 27.3 Å². The number of ether oxygens (including phenoxy) is 1. The Kier molecular flexibility index (Phi) is 5.59. The molecule has 1 amide bonds. The number of halogens is 3. The maximum absolute atomic E-state index is 12.6. The molecule has 1 aromatic heterocycles. The number of aromatic nitrogens is 2. The lowest BCUT2D eigenvalue weighted by Gasteiger charge is -2.27. The van der Waals surface area contributed by atoms with E-state index in [-0.39, 0.29) is 12.1 Å². The summed E-state index contributed by atoms with van der Waals surface area (Å²) in [7, 11) is 0. The van der Waals surface area contributed by atoms with Crippen LogP contribution >= 0.6 is 0 Å². The van der Waals surface area contributed by atoms with Crippen LogP contribution in [0.4, 0.5) is 19.1 Å². The van der Waals surface area contributed by atoms with E-state index < -0.39 is 17.6 Å². The second-order valence-electron chi connectivity index (χ2n) is 6.16. The van der Waals surface area contributed by atoms with Gasteiger partial charge in [0.1, 0.15) is 0 Å². The van der Waals surface area contributed by atoms with Gasteiger partial charge in [-0.1, -0.05) is 0 Å². The first-order chi connectivity index (χ1) is 12.8. The molecule has 1 fully saturated rings. The third kappa shape index (κ3) is 4.94. The van der Waals surface area contributed by atoms with Crippen molar-refractivity contribution in [1.29, 1.82) is 0 Å². The van der Waals surface area contributed by atoms with E-state index in [4.69, 9.17) is 4.74 Å². The highest BCUT2D eigenvalue weighted by molar-refractivity contribution is 5.94. The number of carbonyl (C=O) groups is 1. The van der Waals surface area contributed by atoms with Crippen LogP contribution in [0.15, 0.2) is 30.3 Å². The summed E-state index contributed by atoms with van der Waals surface area (Å²) in [6.07, 6.45) is -4.43. The molecule has 1 aliphatic rings. The molecule has 0 bridgehead atoms. The minimum atomic E-state index is -4.43. The minimum absolute atomic E-state index is 0.153. The summed E-state index contributed by atoms with van der Waals surface area (Å²) in [6.45, 7) is 4.60. The number of alkyl halides is 3. The van der Waals surface area contributed by atoms with Crippen LogP contribution in [-0.2, 0) is 17.5 Å². The first-order valence-electron chi connectivity index (χ1n) is 8.45. The monoisotopic (exact) mass is 380 g/mol. The van der Waals surface area contributed by atoms with Gasteiger partial charge in [-0.05, 0) is 37.3 Å². The second-order valence-corrected chi connectivity index (χ2v) is 6.16. The Morgan fingerprint density at radius 3 is 2.48 bits per heavy atom. The molecule has 9 heteroatoms. The first-order valence-corrected chi connectivity index (χ1v) is 8.45. The molecule has 0 radical (unpaired) electrons. The molecule has 1 saturated heterocycles. The largest absolute Gasteiger partial charge is 0.416 e. The van der Waals surface area contributed by atoms with Gasteiger partial charge in [-0.2, -0.15) is 13.2 Å². The van der Waals surface area contributed by atoms with E-state index in [2.05, 4.69) is 15.3 Å². The standard InChI is InChI=1S/C18H19F3N4O2/c1-12-10-15(24-17(23-12)25-6-8-27-9-7-25)11-22-16(26)13-2-4-14(5-3-13)18(19,20)21/h2-5,10H,6-9,11H2,1H3,(H,22,26). The SMILES string of the molecule is Cc1cc(CNC(=O)c2ccc(C(F)(F)F)cc2)nc(N2CCOCC2)n1. The average Bonchev–Trinajstić information content (AvgIpc) is 2.66. The van der Waals surface area contributed by atoms with Crippen LogP contribution in [0.3, 0.4) is 0 Å². The van der Waals surface area contributed by atoms with Gasteiger partial charge in [0.2, 0.25) is 5.95 Å². The van der Waals surface area contributed by atoms with E-state index >= 15 is 0 Å². The van der Waals surface area contributed by atoms with Crippen LogP contribution in [0.25, 0.3) is 0 Å². The number of carbonyl (C=O) groups excluding carboxylic acids is 1. The van der Waals surface area contributed by atoms with Gasteiger partial charge in [-0.15, -0.1) is 0 Å². The van der Waals surface area contributed by atoms with E-state index in [1.807, 2.05) is 11.8 Å². The molecule has 1 N–H and O–H groups in total. The predicted octanol–water partition coefficient (Wildman–Crippen LogP) is 2.57. The van der Waals surface area contributed by atoms with Crippen molar-refractivity contribution < 1.29 is 22.7 Å². The molecule has 27 heavy (non-hydrogen) atoms. The van der Waals surface area contributed by atoms with Crippen molar-refractivity contribution in [2.75, 3.05) is 31.2 Å². The van der Waals surface area contributed by atoms with Crippen LogP contribution in [0, 0.1) is 6.92 Å². The summed E-state index contributed by atoms with van der Waals surface area (Å²) in [6, 6.07) is 5.85. The van der Waals surface area contributed by atoms with Crippen LogP contribution in [0.5, 0.6) is 0 Å². The normalized spacial score (nSPS) is 14.9. The zero-order valence-corrected chi connectivity index (χ0v) is 14.7. The molecule has 0 atom stereocenters. The van der Waals surface area contributed by atoms with E-state index in [9.17, 15) is 18.0 Å². The molecular weight excluding hydrogens is 361 g/mol. The molecule has 144 valence electrons. The van der Waals surface area contributed by atoms with E-state index in [0.717, 1.165) is 30.0 Å². The van der Waals surface area contributed by atoms with Crippen LogP contribution < -0.4 is 10.2 Å². The van der Waals surface area contributed by atoms with Crippen molar-refractivity contribution >= 4 is 11.9 Å². The summed E-state index contributed by atoms with van der Waals surface area (Å²) < 4.78 is 43.1. The van der Waals surface area contributed by atoms with Crippen LogP contribution in [-0.4, -0.2) is 42.2 Å². The Balaban J connectivity index is 1.65. The zero-order chi connectivity index (χ0) is 19.4. The van der Waals surface area contributed by atoms with E-state index in [1.165, 1.54) is 0 Å². The maximum atomic E-state index is 12.6. The van der Waals surface area contributed by atoms with Gasteiger partial charge in [0, 0.05) is 24.3 Å². The summed E-state index contributed by atoms with van der Waals surface area (Å²) in [5, 5.41) is 2.68. The van der Waals surface area contributed by atoms with Gasteiger partial charge < -0.3 is 15.0 Å². The lowest BCUT2D eigenvalue weighted by Crippen LogP contribution is -2.37. The summed E-state index contributed by atoms with van der Waals surface area (Å²) in [4.78, 5) is 23.1. The molecule has 3 rings (SSSR count). The molecule has 0 spiro atoms. The Bertz CT molecular complexity index is 803. The smallest absolute Gasteiger partial charge is 0.378 e. The third-order valence-electron chi connectivity index (χ3n) is 4.09. The van der Waals surface area contributed by atoms with Gasteiger partial charge in [0.25, 0.3) is 5.91 Å². The lowest BCUT2D eigenvalue weighted by molar-refractivity contribution is -0.137. The van der Waals surface area contributed by atoms with Crippen molar-refractivity contribution in [3.05, 3.63) is 52.8 Å². The molecule has 6 nitrogen and oxygen atoms in total. The fraction of sp³-hybridized carbons (Fsp3) is 0.389. The molecule has 2 heterocycles. The molecule has 0 saturated carbocycles. The molecule has 1 aliphatic heterocycles. The average molecular weight is 380 g/mol. The highest BCUT2D eigenvalue weighted by Crippen LogP contribution is 2.29. The van der Waals surface area contributed by atoms with E-state index in [0.29, 0.717) is 37.9 Å². The van der Waals surface area contributed by atoms with E-state index in [1.54, 1.807) is 6.07 Å². The van der Waals surface area contributed by atoms with Crippen LogP contribution in [0.2, 0.25) is 0 Å². The summed E-state index contributed by atoms with van der Waals surface area (Å²) in [5.74, 6) is 0.116. The number of nitrogens with one attached hydrogen (secondary N) is 1. The molecule has 0 unspecified atom stereocenters.